The molecule has 1 aromatic carbocycles. The molecule has 10 heteroatoms. The molecule has 2 heterocycles. The smallest absolute Gasteiger partial charge is 0.251 e. The lowest BCUT2D eigenvalue weighted by Crippen LogP contribution is -2.58. The third-order valence-corrected chi connectivity index (χ3v) is 5.88. The summed E-state index contributed by atoms with van der Waals surface area (Å²) in [6.07, 6.45) is 2.13. The highest BCUT2D eigenvalue weighted by Crippen LogP contribution is 2.32. The summed E-state index contributed by atoms with van der Waals surface area (Å²) in [5.74, 6) is -3.50. The van der Waals surface area contributed by atoms with E-state index in [2.05, 4.69) is 20.9 Å². The number of anilines is 2. The Bertz CT molecular complexity index is 1050. The summed E-state index contributed by atoms with van der Waals surface area (Å²) < 4.78 is 28.3. The monoisotopic (exact) mass is 473 g/mol. The summed E-state index contributed by atoms with van der Waals surface area (Å²) >= 11 is 0. The van der Waals surface area contributed by atoms with E-state index >= 15 is 0 Å². The Balaban J connectivity index is 1.93. The number of nitrogens with one attached hydrogen (secondary N) is 3. The number of benzene rings is 1. The number of aromatic nitrogens is 1. The molecule has 0 spiro atoms. The van der Waals surface area contributed by atoms with Gasteiger partial charge in [-0.3, -0.25) is 19.3 Å². The van der Waals surface area contributed by atoms with Crippen molar-refractivity contribution in [2.45, 2.75) is 51.7 Å². The number of pyridine rings is 1. The van der Waals surface area contributed by atoms with E-state index in [4.69, 9.17) is 0 Å². The second-order valence-corrected chi connectivity index (χ2v) is 8.48. The van der Waals surface area contributed by atoms with Gasteiger partial charge in [-0.15, -0.1) is 0 Å². The molecular weight excluding hydrogens is 444 g/mol. The fourth-order valence-electron chi connectivity index (χ4n) is 3.98. The molecule has 3 rings (SSSR count). The van der Waals surface area contributed by atoms with E-state index in [0.29, 0.717) is 12.0 Å². The van der Waals surface area contributed by atoms with E-state index < -0.39 is 47.3 Å². The van der Waals surface area contributed by atoms with Gasteiger partial charge in [0.1, 0.15) is 35.2 Å². The molecule has 0 fully saturated rings. The van der Waals surface area contributed by atoms with Gasteiger partial charge in [0, 0.05) is 12.6 Å². The summed E-state index contributed by atoms with van der Waals surface area (Å²) in [4.78, 5) is 45.1. The highest BCUT2D eigenvalue weighted by molar-refractivity contribution is 6.09. The zero-order chi connectivity index (χ0) is 25.0. The predicted octanol–water partition coefficient (Wildman–Crippen LogP) is 2.40. The number of fused-ring (bicyclic) bond motifs is 1. The number of carbonyl (C=O) groups is 3. The van der Waals surface area contributed by atoms with Crippen LogP contribution in [0, 0.1) is 17.6 Å². The Kier molecular flexibility index (Phi) is 7.93. The molecule has 2 unspecified atom stereocenters. The fraction of sp³-hybridized carbons (Fsp3) is 0.417. The second-order valence-electron chi connectivity index (χ2n) is 8.48. The van der Waals surface area contributed by atoms with Gasteiger partial charge in [-0.1, -0.05) is 32.9 Å². The summed E-state index contributed by atoms with van der Waals surface area (Å²) in [7, 11) is 1.66. The number of halogens is 2. The summed E-state index contributed by atoms with van der Waals surface area (Å²) in [6.45, 7) is 5.40. The van der Waals surface area contributed by atoms with E-state index in [1.807, 2.05) is 6.92 Å². The molecule has 2 aromatic rings. The van der Waals surface area contributed by atoms with Crippen LogP contribution in [-0.4, -0.2) is 47.9 Å². The molecule has 0 radical (unpaired) electrons. The summed E-state index contributed by atoms with van der Waals surface area (Å²) in [6, 6.07) is 4.14. The van der Waals surface area contributed by atoms with Gasteiger partial charge in [0.25, 0.3) is 5.91 Å². The molecule has 182 valence electrons. The maximum absolute atomic E-state index is 14.1. The van der Waals surface area contributed by atoms with Crippen molar-refractivity contribution >= 4 is 29.2 Å². The van der Waals surface area contributed by atoms with Gasteiger partial charge in [0.15, 0.2) is 0 Å². The van der Waals surface area contributed by atoms with Crippen molar-refractivity contribution in [2.75, 3.05) is 17.3 Å². The van der Waals surface area contributed by atoms with Crippen molar-refractivity contribution in [2.24, 2.45) is 5.92 Å². The van der Waals surface area contributed by atoms with Crippen LogP contribution in [0.4, 0.5) is 20.3 Å². The highest BCUT2D eigenvalue weighted by atomic mass is 19.1. The molecule has 1 aromatic heterocycles. The van der Waals surface area contributed by atoms with Gasteiger partial charge < -0.3 is 16.0 Å². The van der Waals surface area contributed by atoms with Crippen LogP contribution < -0.4 is 20.9 Å². The molecule has 1 aliphatic rings. The lowest BCUT2D eigenvalue weighted by molar-refractivity contribution is -0.130. The lowest BCUT2D eigenvalue weighted by atomic mass is 10.0. The Morgan fingerprint density at radius 3 is 2.41 bits per heavy atom. The van der Waals surface area contributed by atoms with Gasteiger partial charge >= 0.3 is 0 Å². The van der Waals surface area contributed by atoms with Gasteiger partial charge in [-0.25, -0.2) is 13.8 Å². The average Bonchev–Trinajstić information content (AvgIpc) is 3.20. The largest absolute Gasteiger partial charge is 0.343 e. The van der Waals surface area contributed by atoms with Crippen LogP contribution in [0.1, 0.15) is 32.8 Å². The minimum atomic E-state index is -1.10. The molecule has 1 aliphatic heterocycles. The number of rotatable bonds is 8. The third kappa shape index (κ3) is 5.06. The Morgan fingerprint density at radius 2 is 1.82 bits per heavy atom. The van der Waals surface area contributed by atoms with Crippen molar-refractivity contribution in [3.8, 4) is 0 Å². The molecule has 3 N–H and O–H groups in total. The van der Waals surface area contributed by atoms with E-state index in [1.54, 1.807) is 33.0 Å². The average molecular weight is 474 g/mol. The molecule has 0 saturated carbocycles. The number of likely N-dealkylation sites (N-methyl/N-ethyl adjacent to an activating group) is 1. The molecule has 0 aliphatic carbocycles. The zero-order valence-corrected chi connectivity index (χ0v) is 19.6. The van der Waals surface area contributed by atoms with Gasteiger partial charge in [0.05, 0.1) is 6.04 Å². The van der Waals surface area contributed by atoms with Crippen LogP contribution in [0.15, 0.2) is 36.5 Å². The van der Waals surface area contributed by atoms with Crippen LogP contribution >= 0.6 is 0 Å². The van der Waals surface area contributed by atoms with Crippen molar-refractivity contribution in [1.29, 1.82) is 0 Å². The molecular formula is C24H29F2N5O3. The predicted molar refractivity (Wildman–Crippen MR) is 124 cm³/mol. The summed E-state index contributed by atoms with van der Waals surface area (Å²) in [5.41, 5.74) is 0.0535. The quantitative estimate of drug-likeness (QED) is 0.546. The number of hydrogen-bond donors (Lipinski definition) is 3. The zero-order valence-electron chi connectivity index (χ0n) is 19.6. The minimum absolute atomic E-state index is 0.115. The van der Waals surface area contributed by atoms with Crippen molar-refractivity contribution in [3.63, 3.8) is 0 Å². The highest BCUT2D eigenvalue weighted by Gasteiger charge is 2.43. The standard InChI is InChI=1S/C24H29F2N5O3/c1-5-17(27-4)22(32)29-19(13(2)3)24(34)31-18(12-14-8-7-11-28-21(14)31)23(33)30-20-15(25)9-6-10-16(20)26/h6-11,13,17-19,27H,5,12H2,1-4H3,(H,29,32)(H,30,33)/t17-,18?,19?/m0/s1. The minimum Gasteiger partial charge on any atom is -0.343 e. The second kappa shape index (κ2) is 10.7. The lowest BCUT2D eigenvalue weighted by Gasteiger charge is -2.31. The number of amides is 3. The molecule has 3 atom stereocenters. The molecule has 0 bridgehead atoms. The van der Waals surface area contributed by atoms with Crippen LogP contribution in [0.5, 0.6) is 0 Å². The number of nitrogens with zero attached hydrogens (tertiary/aromatic N) is 2. The first-order valence-corrected chi connectivity index (χ1v) is 11.2. The van der Waals surface area contributed by atoms with Crippen LogP contribution in [-0.2, 0) is 20.8 Å². The van der Waals surface area contributed by atoms with Crippen molar-refractivity contribution in [3.05, 3.63) is 53.7 Å². The first kappa shape index (κ1) is 25.2. The van der Waals surface area contributed by atoms with Crippen LogP contribution in [0.2, 0.25) is 0 Å². The SMILES string of the molecule is CC[C@H](NC)C(=O)NC(C(=O)N1c2ncccc2CC1C(=O)Nc1c(F)cccc1F)C(C)C. The van der Waals surface area contributed by atoms with Crippen LogP contribution in [0.25, 0.3) is 0 Å². The topological polar surface area (TPSA) is 103 Å². The first-order valence-electron chi connectivity index (χ1n) is 11.2. The number of para-hydroxylation sites is 1. The van der Waals surface area contributed by atoms with Gasteiger partial charge in [-0.05, 0) is 43.1 Å². The van der Waals surface area contributed by atoms with E-state index in [0.717, 1.165) is 12.1 Å². The fourth-order valence-corrected chi connectivity index (χ4v) is 3.98. The van der Waals surface area contributed by atoms with E-state index in [9.17, 15) is 23.2 Å². The number of hydrogen-bond acceptors (Lipinski definition) is 5. The molecule has 34 heavy (non-hydrogen) atoms. The van der Waals surface area contributed by atoms with Crippen molar-refractivity contribution in [1.82, 2.24) is 15.6 Å². The van der Waals surface area contributed by atoms with Crippen LogP contribution in [0.3, 0.4) is 0 Å². The van der Waals surface area contributed by atoms with Gasteiger partial charge in [-0.2, -0.15) is 0 Å². The van der Waals surface area contributed by atoms with E-state index in [-0.39, 0.29) is 24.1 Å². The van der Waals surface area contributed by atoms with E-state index in [1.165, 1.54) is 17.2 Å². The maximum atomic E-state index is 14.1. The Morgan fingerprint density at radius 1 is 1.15 bits per heavy atom. The molecule has 8 nitrogen and oxygen atoms in total. The van der Waals surface area contributed by atoms with Gasteiger partial charge in [0.2, 0.25) is 11.8 Å². The normalized spacial score (nSPS) is 16.7. The molecule has 0 saturated heterocycles. The third-order valence-electron chi connectivity index (χ3n) is 5.88. The Hall–Kier alpha value is -3.40. The summed E-state index contributed by atoms with van der Waals surface area (Å²) in [5, 5.41) is 7.96. The first-order chi connectivity index (χ1) is 16.2. The number of carbonyl (C=O) groups excluding carboxylic acids is 3. The Labute approximate surface area is 197 Å². The van der Waals surface area contributed by atoms with Crippen molar-refractivity contribution < 1.29 is 23.2 Å². The molecule has 3 amide bonds. The maximum Gasteiger partial charge on any atom is 0.251 e.